The largest absolute Gasteiger partial charge is 0.493 e. The number of methoxy groups -OCH3 is 1. The normalized spacial score (nSPS) is 12.2. The highest BCUT2D eigenvalue weighted by Gasteiger charge is 2.09. The average molecular weight is 223 g/mol. The van der Waals surface area contributed by atoms with Crippen LogP contribution in [0.5, 0.6) is 11.5 Å². The molecular weight excluding hydrogens is 202 g/mol. The van der Waals surface area contributed by atoms with E-state index < -0.39 is 0 Å². The van der Waals surface area contributed by atoms with E-state index in [1.807, 2.05) is 18.2 Å². The van der Waals surface area contributed by atoms with Crippen LogP contribution < -0.4 is 15.2 Å². The smallest absolute Gasteiger partial charge is 0.161 e. The average Bonchev–Trinajstić information content (AvgIpc) is 2.29. The molecule has 0 aliphatic carbocycles. The second kappa shape index (κ2) is 6.38. The topological polar surface area (TPSA) is 44.5 Å². The number of benzene rings is 1. The van der Waals surface area contributed by atoms with Crippen LogP contribution in [0, 0.1) is 0 Å². The Morgan fingerprint density at radius 2 is 2.06 bits per heavy atom. The molecule has 16 heavy (non-hydrogen) atoms. The van der Waals surface area contributed by atoms with E-state index in [0.29, 0.717) is 6.54 Å². The van der Waals surface area contributed by atoms with Crippen LogP contribution in [0.15, 0.2) is 18.2 Å². The maximum Gasteiger partial charge on any atom is 0.161 e. The predicted molar refractivity (Wildman–Crippen MR) is 65.9 cm³/mol. The fraction of sp³-hybridized carbons (Fsp3) is 0.538. The fourth-order valence-electron chi connectivity index (χ4n) is 1.62. The van der Waals surface area contributed by atoms with Crippen LogP contribution in [-0.4, -0.2) is 13.2 Å². The van der Waals surface area contributed by atoms with Gasteiger partial charge in [-0.3, -0.25) is 0 Å². The van der Waals surface area contributed by atoms with Gasteiger partial charge >= 0.3 is 0 Å². The second-order valence-electron chi connectivity index (χ2n) is 3.91. The molecule has 3 heteroatoms. The molecule has 0 aromatic heterocycles. The minimum atomic E-state index is 0.201. The molecule has 0 spiro atoms. The Morgan fingerprint density at radius 3 is 2.62 bits per heavy atom. The number of hydrogen-bond donors (Lipinski definition) is 1. The highest BCUT2D eigenvalue weighted by molar-refractivity contribution is 5.43. The summed E-state index contributed by atoms with van der Waals surface area (Å²) in [5.74, 6) is 1.55. The quantitative estimate of drug-likeness (QED) is 0.806. The number of ether oxygens (including phenoxy) is 2. The summed E-state index contributed by atoms with van der Waals surface area (Å²) in [7, 11) is 1.65. The van der Waals surface area contributed by atoms with Crippen molar-refractivity contribution in [2.45, 2.75) is 39.3 Å². The molecule has 0 aliphatic rings. The fourth-order valence-corrected chi connectivity index (χ4v) is 1.62. The summed E-state index contributed by atoms with van der Waals surface area (Å²) in [6, 6.07) is 5.80. The van der Waals surface area contributed by atoms with Gasteiger partial charge in [0.25, 0.3) is 0 Å². The molecule has 0 saturated carbocycles. The van der Waals surface area contributed by atoms with Crippen molar-refractivity contribution in [1.29, 1.82) is 0 Å². The van der Waals surface area contributed by atoms with Gasteiger partial charge < -0.3 is 15.2 Å². The monoisotopic (exact) mass is 223 g/mol. The molecule has 1 rings (SSSR count). The van der Waals surface area contributed by atoms with Gasteiger partial charge in [-0.25, -0.2) is 0 Å². The Bertz CT molecular complexity index is 326. The van der Waals surface area contributed by atoms with Crippen molar-refractivity contribution in [2.75, 3.05) is 7.11 Å². The summed E-state index contributed by atoms with van der Waals surface area (Å²) < 4.78 is 11.1. The van der Waals surface area contributed by atoms with E-state index in [1.54, 1.807) is 7.11 Å². The van der Waals surface area contributed by atoms with Crippen molar-refractivity contribution in [2.24, 2.45) is 5.73 Å². The van der Waals surface area contributed by atoms with E-state index in [1.165, 1.54) is 0 Å². The van der Waals surface area contributed by atoms with Crippen LogP contribution in [0.25, 0.3) is 0 Å². The molecule has 90 valence electrons. The molecule has 1 atom stereocenters. The molecule has 1 aromatic carbocycles. The van der Waals surface area contributed by atoms with Crippen molar-refractivity contribution in [1.82, 2.24) is 0 Å². The molecule has 0 radical (unpaired) electrons. The zero-order chi connectivity index (χ0) is 12.0. The number of nitrogens with two attached hydrogens (primary N) is 1. The summed E-state index contributed by atoms with van der Waals surface area (Å²) in [6.07, 6.45) is 2.35. The van der Waals surface area contributed by atoms with E-state index in [9.17, 15) is 0 Å². The Hall–Kier alpha value is -1.22. The summed E-state index contributed by atoms with van der Waals surface area (Å²) >= 11 is 0. The van der Waals surface area contributed by atoms with Crippen molar-refractivity contribution >= 4 is 0 Å². The van der Waals surface area contributed by atoms with Crippen LogP contribution in [0.2, 0.25) is 0 Å². The van der Waals surface area contributed by atoms with Crippen LogP contribution in [0.1, 0.15) is 32.3 Å². The molecule has 0 amide bonds. The van der Waals surface area contributed by atoms with Crippen LogP contribution in [-0.2, 0) is 6.54 Å². The van der Waals surface area contributed by atoms with Crippen molar-refractivity contribution in [3.8, 4) is 11.5 Å². The van der Waals surface area contributed by atoms with E-state index in [2.05, 4.69) is 13.8 Å². The maximum atomic E-state index is 5.84. The van der Waals surface area contributed by atoms with E-state index in [-0.39, 0.29) is 6.10 Å². The predicted octanol–water partition coefficient (Wildman–Crippen LogP) is 2.72. The van der Waals surface area contributed by atoms with Crippen molar-refractivity contribution < 1.29 is 9.47 Å². The standard InChI is InChI=1S/C13H21NO2/c1-4-5-10(2)16-13-8-11(9-14)6-7-12(13)15-3/h6-8,10H,4-5,9,14H2,1-3H3. The molecule has 0 bridgehead atoms. The summed E-state index contributed by atoms with van der Waals surface area (Å²) in [5, 5.41) is 0. The highest BCUT2D eigenvalue weighted by atomic mass is 16.5. The van der Waals surface area contributed by atoms with Gasteiger partial charge in [-0.2, -0.15) is 0 Å². The Morgan fingerprint density at radius 1 is 1.31 bits per heavy atom. The second-order valence-corrected chi connectivity index (χ2v) is 3.91. The number of rotatable bonds is 6. The van der Waals surface area contributed by atoms with E-state index in [0.717, 1.165) is 29.9 Å². The summed E-state index contributed by atoms with van der Waals surface area (Å²) in [4.78, 5) is 0. The molecule has 0 heterocycles. The molecule has 1 unspecified atom stereocenters. The Balaban J connectivity index is 2.82. The van der Waals surface area contributed by atoms with Gasteiger partial charge in [0.1, 0.15) is 0 Å². The van der Waals surface area contributed by atoms with Gasteiger partial charge in [0.15, 0.2) is 11.5 Å². The lowest BCUT2D eigenvalue weighted by Crippen LogP contribution is -2.12. The molecular formula is C13H21NO2. The summed E-state index contributed by atoms with van der Waals surface area (Å²) in [6.45, 7) is 4.73. The number of hydrogen-bond acceptors (Lipinski definition) is 3. The highest BCUT2D eigenvalue weighted by Crippen LogP contribution is 2.29. The summed E-state index contributed by atoms with van der Waals surface area (Å²) in [5.41, 5.74) is 6.66. The molecule has 2 N–H and O–H groups in total. The SMILES string of the molecule is CCCC(C)Oc1cc(CN)ccc1OC. The molecule has 3 nitrogen and oxygen atoms in total. The zero-order valence-electron chi connectivity index (χ0n) is 10.3. The third-order valence-corrected chi connectivity index (χ3v) is 2.49. The minimum Gasteiger partial charge on any atom is -0.493 e. The molecule has 1 aromatic rings. The lowest BCUT2D eigenvalue weighted by atomic mass is 10.2. The first-order chi connectivity index (χ1) is 7.71. The van der Waals surface area contributed by atoms with Gasteiger partial charge in [0, 0.05) is 6.54 Å². The van der Waals surface area contributed by atoms with Crippen molar-refractivity contribution in [3.63, 3.8) is 0 Å². The Labute approximate surface area is 97.6 Å². The van der Waals surface area contributed by atoms with E-state index >= 15 is 0 Å². The van der Waals surface area contributed by atoms with Gasteiger partial charge in [-0.1, -0.05) is 19.4 Å². The third kappa shape index (κ3) is 3.42. The van der Waals surface area contributed by atoms with Gasteiger partial charge in [-0.05, 0) is 31.0 Å². The van der Waals surface area contributed by atoms with Crippen LogP contribution in [0.4, 0.5) is 0 Å². The zero-order valence-corrected chi connectivity index (χ0v) is 10.3. The first kappa shape index (κ1) is 12.8. The lowest BCUT2D eigenvalue weighted by Gasteiger charge is -2.17. The minimum absolute atomic E-state index is 0.201. The Kier molecular flexibility index (Phi) is 5.12. The van der Waals surface area contributed by atoms with Gasteiger partial charge in [-0.15, -0.1) is 0 Å². The lowest BCUT2D eigenvalue weighted by molar-refractivity contribution is 0.200. The maximum absolute atomic E-state index is 5.84. The van der Waals surface area contributed by atoms with Gasteiger partial charge in [0.2, 0.25) is 0 Å². The van der Waals surface area contributed by atoms with Crippen LogP contribution >= 0.6 is 0 Å². The first-order valence-electron chi connectivity index (χ1n) is 5.74. The molecule has 0 saturated heterocycles. The molecule has 0 fully saturated rings. The third-order valence-electron chi connectivity index (χ3n) is 2.49. The van der Waals surface area contributed by atoms with Gasteiger partial charge in [0.05, 0.1) is 13.2 Å². The van der Waals surface area contributed by atoms with Crippen LogP contribution in [0.3, 0.4) is 0 Å². The molecule has 0 aliphatic heterocycles. The van der Waals surface area contributed by atoms with E-state index in [4.69, 9.17) is 15.2 Å². The van der Waals surface area contributed by atoms with Crippen molar-refractivity contribution in [3.05, 3.63) is 23.8 Å². The first-order valence-corrected chi connectivity index (χ1v) is 5.74.